The minimum absolute atomic E-state index is 0.145. The predicted molar refractivity (Wildman–Crippen MR) is 117 cm³/mol. The molecule has 0 radical (unpaired) electrons. The maximum atomic E-state index is 14.6. The molecule has 1 aromatic heterocycles. The molecule has 0 aliphatic heterocycles. The van der Waals surface area contributed by atoms with Crippen molar-refractivity contribution in [2.75, 3.05) is 0 Å². The lowest BCUT2D eigenvalue weighted by Crippen LogP contribution is -2.13. The van der Waals surface area contributed by atoms with Gasteiger partial charge in [-0.1, -0.05) is 58.1 Å². The van der Waals surface area contributed by atoms with E-state index in [2.05, 4.69) is 31.0 Å². The van der Waals surface area contributed by atoms with E-state index in [1.807, 2.05) is 18.3 Å². The fraction of sp³-hybridized carbons (Fsp3) is 0.577. The number of rotatable bonds is 9. The Morgan fingerprint density at radius 1 is 0.929 bits per heavy atom. The smallest absolute Gasteiger partial charge is 0.132 e. The normalized spacial score (nSPS) is 19.7. The van der Waals surface area contributed by atoms with Crippen molar-refractivity contribution in [2.45, 2.75) is 90.4 Å². The summed E-state index contributed by atoms with van der Waals surface area (Å²) in [5.74, 6) is 1.40. The zero-order chi connectivity index (χ0) is 19.8. The lowest BCUT2D eigenvalue weighted by atomic mass is 9.77. The van der Waals surface area contributed by atoms with Crippen LogP contribution in [0, 0.1) is 11.7 Å². The predicted octanol–water partition coefficient (Wildman–Crippen LogP) is 8.08. The van der Waals surface area contributed by atoms with Crippen molar-refractivity contribution in [2.24, 2.45) is 5.92 Å². The Kier molecular flexibility index (Phi) is 8.06. The van der Waals surface area contributed by atoms with Gasteiger partial charge in [-0.15, -0.1) is 0 Å². The molecule has 1 saturated carbocycles. The Hall–Kier alpha value is -1.70. The van der Waals surface area contributed by atoms with Gasteiger partial charge in [0.15, 0.2) is 0 Å². The van der Waals surface area contributed by atoms with Crippen LogP contribution in [-0.4, -0.2) is 4.98 Å². The molecule has 28 heavy (non-hydrogen) atoms. The maximum Gasteiger partial charge on any atom is 0.132 e. The molecule has 0 N–H and O–H groups in total. The van der Waals surface area contributed by atoms with Gasteiger partial charge in [-0.05, 0) is 79.7 Å². The molecule has 0 saturated heterocycles. The van der Waals surface area contributed by atoms with Gasteiger partial charge in [0.25, 0.3) is 0 Å². The quantitative estimate of drug-likeness (QED) is 0.400. The van der Waals surface area contributed by atoms with Crippen LogP contribution in [0.25, 0.3) is 11.3 Å². The molecular formula is C26H36FN. The minimum atomic E-state index is -0.145. The Labute approximate surface area is 170 Å². The molecule has 3 rings (SSSR count). The SMILES string of the molecule is CCCCCCc1ccc(-c2ccc(C3CCC(CCC)CC3)cn2)c(F)c1. The van der Waals surface area contributed by atoms with Gasteiger partial charge in [0.2, 0.25) is 0 Å². The van der Waals surface area contributed by atoms with Crippen LogP contribution in [0.2, 0.25) is 0 Å². The number of unbranched alkanes of at least 4 members (excludes halogenated alkanes) is 3. The lowest BCUT2D eigenvalue weighted by Gasteiger charge is -2.28. The summed E-state index contributed by atoms with van der Waals surface area (Å²) in [6.07, 6.45) is 15.7. The largest absolute Gasteiger partial charge is 0.256 e. The average Bonchev–Trinajstić information content (AvgIpc) is 2.72. The van der Waals surface area contributed by atoms with Gasteiger partial charge < -0.3 is 0 Å². The third-order valence-corrected chi connectivity index (χ3v) is 6.43. The van der Waals surface area contributed by atoms with Gasteiger partial charge in [-0.2, -0.15) is 0 Å². The number of aromatic nitrogens is 1. The van der Waals surface area contributed by atoms with Crippen LogP contribution in [0.3, 0.4) is 0 Å². The van der Waals surface area contributed by atoms with Gasteiger partial charge in [0.1, 0.15) is 5.82 Å². The van der Waals surface area contributed by atoms with E-state index in [4.69, 9.17) is 0 Å². The molecule has 152 valence electrons. The van der Waals surface area contributed by atoms with Crippen molar-refractivity contribution in [3.63, 3.8) is 0 Å². The van der Waals surface area contributed by atoms with E-state index in [0.29, 0.717) is 11.5 Å². The Balaban J connectivity index is 1.60. The Morgan fingerprint density at radius 2 is 1.75 bits per heavy atom. The summed E-state index contributed by atoms with van der Waals surface area (Å²) in [7, 11) is 0. The van der Waals surface area contributed by atoms with Crippen molar-refractivity contribution in [1.29, 1.82) is 0 Å². The molecule has 2 heteroatoms. The molecule has 2 aromatic rings. The standard InChI is InChI=1S/C26H36FN/c1-3-5-6-7-9-21-12-16-24(25(27)18-21)26-17-15-23(19-28-26)22-13-10-20(8-4-2)11-14-22/h12,15-20,22H,3-11,13-14H2,1-2H3. The van der Waals surface area contributed by atoms with Crippen LogP contribution in [0.1, 0.15) is 95.1 Å². The summed E-state index contributed by atoms with van der Waals surface area (Å²) in [6.45, 7) is 4.50. The second-order valence-corrected chi connectivity index (χ2v) is 8.61. The first kappa shape index (κ1) is 21.0. The number of nitrogens with zero attached hydrogens (tertiary/aromatic N) is 1. The Bertz CT molecular complexity index is 714. The number of aryl methyl sites for hydroxylation is 1. The van der Waals surface area contributed by atoms with Crippen molar-refractivity contribution < 1.29 is 4.39 Å². The molecular weight excluding hydrogens is 345 g/mol. The highest BCUT2D eigenvalue weighted by Crippen LogP contribution is 2.37. The van der Waals surface area contributed by atoms with Crippen LogP contribution in [-0.2, 0) is 6.42 Å². The summed E-state index contributed by atoms with van der Waals surface area (Å²) in [6, 6.07) is 9.85. The molecule has 0 bridgehead atoms. The van der Waals surface area contributed by atoms with Crippen molar-refractivity contribution in [3.05, 3.63) is 53.5 Å². The first-order valence-electron chi connectivity index (χ1n) is 11.5. The number of hydrogen-bond donors (Lipinski definition) is 0. The molecule has 1 heterocycles. The lowest BCUT2D eigenvalue weighted by molar-refractivity contribution is 0.308. The third-order valence-electron chi connectivity index (χ3n) is 6.43. The zero-order valence-electron chi connectivity index (χ0n) is 17.7. The minimum Gasteiger partial charge on any atom is -0.256 e. The summed E-state index contributed by atoms with van der Waals surface area (Å²) in [5.41, 5.74) is 3.79. The molecule has 0 spiro atoms. The third kappa shape index (κ3) is 5.65. The summed E-state index contributed by atoms with van der Waals surface area (Å²) < 4.78 is 14.6. The number of halogens is 1. The highest BCUT2D eigenvalue weighted by Gasteiger charge is 2.22. The van der Waals surface area contributed by atoms with Crippen LogP contribution in [0.5, 0.6) is 0 Å². The monoisotopic (exact) mass is 381 g/mol. The fourth-order valence-electron chi connectivity index (χ4n) is 4.68. The van der Waals surface area contributed by atoms with E-state index in [1.165, 1.54) is 63.4 Å². The number of hydrogen-bond acceptors (Lipinski definition) is 1. The molecule has 1 fully saturated rings. The van der Waals surface area contributed by atoms with Gasteiger partial charge in [0.05, 0.1) is 5.69 Å². The van der Waals surface area contributed by atoms with E-state index in [1.54, 1.807) is 6.07 Å². The Morgan fingerprint density at radius 3 is 2.39 bits per heavy atom. The molecule has 1 aromatic carbocycles. The zero-order valence-corrected chi connectivity index (χ0v) is 17.7. The van der Waals surface area contributed by atoms with Crippen molar-refractivity contribution in [1.82, 2.24) is 4.98 Å². The van der Waals surface area contributed by atoms with Crippen LogP contribution in [0.4, 0.5) is 4.39 Å². The summed E-state index contributed by atoms with van der Waals surface area (Å²) in [4.78, 5) is 4.62. The van der Waals surface area contributed by atoms with Crippen LogP contribution in [0.15, 0.2) is 36.5 Å². The molecule has 0 unspecified atom stereocenters. The fourth-order valence-corrected chi connectivity index (χ4v) is 4.68. The first-order valence-corrected chi connectivity index (χ1v) is 11.5. The van der Waals surface area contributed by atoms with Crippen molar-refractivity contribution >= 4 is 0 Å². The van der Waals surface area contributed by atoms with Crippen LogP contribution < -0.4 is 0 Å². The van der Waals surface area contributed by atoms with E-state index in [0.717, 1.165) is 30.0 Å². The van der Waals surface area contributed by atoms with Gasteiger partial charge >= 0.3 is 0 Å². The average molecular weight is 382 g/mol. The van der Waals surface area contributed by atoms with Gasteiger partial charge in [-0.25, -0.2) is 4.39 Å². The summed E-state index contributed by atoms with van der Waals surface area (Å²) >= 11 is 0. The maximum absolute atomic E-state index is 14.6. The topological polar surface area (TPSA) is 12.9 Å². The van der Waals surface area contributed by atoms with E-state index < -0.39 is 0 Å². The molecule has 1 aliphatic carbocycles. The number of pyridine rings is 1. The van der Waals surface area contributed by atoms with Crippen LogP contribution >= 0.6 is 0 Å². The first-order chi connectivity index (χ1) is 13.7. The van der Waals surface area contributed by atoms with E-state index in [-0.39, 0.29) is 5.82 Å². The van der Waals surface area contributed by atoms with Crippen molar-refractivity contribution in [3.8, 4) is 11.3 Å². The molecule has 1 aliphatic rings. The molecule has 0 amide bonds. The highest BCUT2D eigenvalue weighted by molar-refractivity contribution is 5.60. The van der Waals surface area contributed by atoms with E-state index >= 15 is 0 Å². The molecule has 0 atom stereocenters. The second kappa shape index (κ2) is 10.7. The van der Waals surface area contributed by atoms with E-state index in [9.17, 15) is 4.39 Å². The number of benzene rings is 1. The second-order valence-electron chi connectivity index (χ2n) is 8.61. The highest BCUT2D eigenvalue weighted by atomic mass is 19.1. The van der Waals surface area contributed by atoms with Gasteiger partial charge in [-0.3, -0.25) is 4.98 Å². The molecule has 1 nitrogen and oxygen atoms in total. The summed E-state index contributed by atoms with van der Waals surface area (Å²) in [5, 5.41) is 0. The van der Waals surface area contributed by atoms with Gasteiger partial charge in [0, 0.05) is 11.8 Å².